The molecule has 2 saturated heterocycles. The van der Waals surface area contributed by atoms with Gasteiger partial charge < -0.3 is 14.6 Å². The van der Waals surface area contributed by atoms with Gasteiger partial charge in [0, 0.05) is 17.9 Å². The Bertz CT molecular complexity index is 1960. The van der Waals surface area contributed by atoms with Crippen molar-refractivity contribution in [1.29, 1.82) is 0 Å². The van der Waals surface area contributed by atoms with Gasteiger partial charge in [-0.05, 0) is 42.5 Å². The van der Waals surface area contributed by atoms with Crippen molar-refractivity contribution in [2.75, 3.05) is 12.0 Å². The van der Waals surface area contributed by atoms with Crippen molar-refractivity contribution in [3.8, 4) is 11.5 Å². The van der Waals surface area contributed by atoms with Gasteiger partial charge in [-0.15, -0.1) is 23.2 Å². The van der Waals surface area contributed by atoms with Gasteiger partial charge >= 0.3 is 6.09 Å². The van der Waals surface area contributed by atoms with Crippen LogP contribution in [0.2, 0.25) is 0 Å². The van der Waals surface area contributed by atoms with Crippen LogP contribution in [-0.2, 0) is 30.3 Å². The Morgan fingerprint density at radius 1 is 0.958 bits per heavy atom. The van der Waals surface area contributed by atoms with E-state index in [-0.39, 0.29) is 40.4 Å². The van der Waals surface area contributed by atoms with Crippen LogP contribution in [0.3, 0.4) is 0 Å². The first kappa shape index (κ1) is 32.1. The van der Waals surface area contributed by atoms with Gasteiger partial charge in [-0.3, -0.25) is 19.2 Å². The van der Waals surface area contributed by atoms with E-state index in [9.17, 15) is 42.3 Å². The number of halogens is 7. The highest BCUT2D eigenvalue weighted by molar-refractivity contribution is 6.58. The van der Waals surface area contributed by atoms with Crippen LogP contribution >= 0.6 is 23.2 Å². The van der Waals surface area contributed by atoms with Crippen molar-refractivity contribution >= 4 is 58.6 Å². The SMILES string of the molecule is COC(=O)N1C(=O)C2CC=C3C(CC4(Cl)C(=O)N(c5c(F)c(F)c(F)c(F)c5F)C(=O)C4(Cl)C3C3=COc4ccc(O)cc4C3)C2C1=O. The lowest BCUT2D eigenvalue weighted by Crippen LogP contribution is -2.61. The third-order valence-electron chi connectivity index (χ3n) is 9.73. The number of phenols is 1. The van der Waals surface area contributed by atoms with E-state index in [4.69, 9.17) is 27.9 Å². The van der Waals surface area contributed by atoms with Crippen LogP contribution in [0.25, 0.3) is 0 Å². The summed E-state index contributed by atoms with van der Waals surface area (Å²) >= 11 is 14.1. The number of carbonyl (C=O) groups excluding carboxylic acids is 5. The number of imide groups is 4. The van der Waals surface area contributed by atoms with E-state index in [1.54, 1.807) is 0 Å². The van der Waals surface area contributed by atoms with Gasteiger partial charge in [-0.2, -0.15) is 4.90 Å². The van der Waals surface area contributed by atoms with E-state index in [1.807, 2.05) is 0 Å². The number of allylic oxidation sites excluding steroid dienone is 3. The van der Waals surface area contributed by atoms with E-state index in [1.165, 1.54) is 30.5 Å². The van der Waals surface area contributed by atoms with Crippen LogP contribution < -0.4 is 9.64 Å². The number of likely N-dealkylation sites (tertiary alicyclic amines) is 1. The lowest BCUT2D eigenvalue weighted by atomic mass is 9.56. The summed E-state index contributed by atoms with van der Waals surface area (Å²) in [7, 11) is 0.947. The molecule has 250 valence electrons. The zero-order valence-corrected chi connectivity index (χ0v) is 25.7. The number of ether oxygens (including phenoxy) is 2. The predicted molar refractivity (Wildman–Crippen MR) is 152 cm³/mol. The first-order valence-electron chi connectivity index (χ1n) is 14.2. The zero-order chi connectivity index (χ0) is 34.8. The zero-order valence-electron chi connectivity index (χ0n) is 24.2. The fourth-order valence-corrected chi connectivity index (χ4v) is 8.60. The quantitative estimate of drug-likeness (QED) is 0.118. The van der Waals surface area contributed by atoms with Crippen LogP contribution in [0.1, 0.15) is 18.4 Å². The molecule has 5 aliphatic rings. The third-order valence-corrected chi connectivity index (χ3v) is 11.1. The molecule has 2 aromatic rings. The van der Waals surface area contributed by atoms with Gasteiger partial charge in [0.25, 0.3) is 11.8 Å². The molecule has 2 aliphatic carbocycles. The minimum absolute atomic E-state index is 0.115. The molecule has 6 atom stereocenters. The second-order valence-corrected chi connectivity index (χ2v) is 13.2. The maximum Gasteiger partial charge on any atom is 0.423 e. The first-order valence-corrected chi connectivity index (χ1v) is 15.0. The summed E-state index contributed by atoms with van der Waals surface area (Å²) in [5.41, 5.74) is -1.25. The Labute approximate surface area is 276 Å². The molecule has 2 aromatic carbocycles. The Kier molecular flexibility index (Phi) is 7.01. The molecule has 5 amide bonds. The number of hydrogen-bond acceptors (Lipinski definition) is 8. The standard InChI is InChI=1S/C31H19Cl2F5N2O8/c1-47-29(46)40-25(42)14-4-3-13-15(17(14)26(40)43)8-30(32)27(44)39(24-22(37)20(35)19(34)21(36)23(24)38)28(45)31(30,33)18(13)11-6-10-7-12(41)2-5-16(10)48-9-11/h2-3,5,7,9,14-15,17-18,41H,4,6,8H2,1H3. The summed E-state index contributed by atoms with van der Waals surface area (Å²) in [4.78, 5) is 62.3. The smallest absolute Gasteiger partial charge is 0.423 e. The molecule has 48 heavy (non-hydrogen) atoms. The Morgan fingerprint density at radius 3 is 2.25 bits per heavy atom. The number of phenolic OH excluding ortho intramolecular Hbond substituents is 1. The number of fused-ring (bicyclic) bond motifs is 5. The summed E-state index contributed by atoms with van der Waals surface area (Å²) in [5, 5.41) is 10.1. The third kappa shape index (κ3) is 3.88. The molecule has 10 nitrogen and oxygen atoms in total. The van der Waals surface area contributed by atoms with Crippen molar-refractivity contribution in [3.63, 3.8) is 0 Å². The number of alkyl halides is 2. The molecule has 6 unspecified atom stereocenters. The van der Waals surface area contributed by atoms with Crippen molar-refractivity contribution < 1.29 is 60.5 Å². The van der Waals surface area contributed by atoms with Crippen LogP contribution in [0.4, 0.5) is 32.4 Å². The number of anilines is 1. The number of benzene rings is 2. The molecular formula is C31H19Cl2F5N2O8. The molecule has 1 N–H and O–H groups in total. The van der Waals surface area contributed by atoms with E-state index < -0.39 is 104 Å². The first-order chi connectivity index (χ1) is 22.6. The highest BCUT2D eigenvalue weighted by Gasteiger charge is 2.77. The van der Waals surface area contributed by atoms with Gasteiger partial charge in [0.2, 0.25) is 17.6 Å². The van der Waals surface area contributed by atoms with Crippen LogP contribution in [0.15, 0.2) is 41.7 Å². The molecule has 0 bridgehead atoms. The lowest BCUT2D eigenvalue weighted by Gasteiger charge is -2.51. The second-order valence-electron chi connectivity index (χ2n) is 12.0. The number of carbonyl (C=O) groups is 5. The van der Waals surface area contributed by atoms with Crippen molar-refractivity contribution in [2.45, 2.75) is 29.0 Å². The van der Waals surface area contributed by atoms with Gasteiger partial charge in [0.1, 0.15) is 17.2 Å². The number of rotatable bonds is 2. The molecular weight excluding hydrogens is 694 g/mol. The highest BCUT2D eigenvalue weighted by Crippen LogP contribution is 2.65. The molecule has 3 fully saturated rings. The molecule has 3 aliphatic heterocycles. The average Bonchev–Trinajstić information content (AvgIpc) is 3.40. The number of aromatic hydroxyl groups is 1. The molecule has 17 heteroatoms. The van der Waals surface area contributed by atoms with Gasteiger partial charge in [0.05, 0.1) is 25.2 Å². The van der Waals surface area contributed by atoms with Gasteiger partial charge in [-0.25, -0.2) is 31.6 Å². The largest absolute Gasteiger partial charge is 0.508 e. The number of amides is 5. The fourth-order valence-electron chi connectivity index (χ4n) is 7.65. The highest BCUT2D eigenvalue weighted by atomic mass is 35.5. The van der Waals surface area contributed by atoms with Crippen LogP contribution in [0.5, 0.6) is 11.5 Å². The van der Waals surface area contributed by atoms with E-state index in [2.05, 4.69) is 4.74 Å². The summed E-state index contributed by atoms with van der Waals surface area (Å²) < 4.78 is 83.3. The average molecular weight is 713 g/mol. The summed E-state index contributed by atoms with van der Waals surface area (Å²) in [6.45, 7) is 0. The summed E-state index contributed by atoms with van der Waals surface area (Å²) in [6.07, 6.45) is 0.340. The Morgan fingerprint density at radius 2 is 1.60 bits per heavy atom. The van der Waals surface area contributed by atoms with E-state index in [0.29, 0.717) is 10.5 Å². The molecule has 0 aromatic heterocycles. The van der Waals surface area contributed by atoms with Gasteiger partial charge in [-0.1, -0.05) is 11.6 Å². The van der Waals surface area contributed by atoms with E-state index in [0.717, 1.165) is 7.11 Å². The van der Waals surface area contributed by atoms with Crippen molar-refractivity contribution in [1.82, 2.24) is 4.90 Å². The van der Waals surface area contributed by atoms with Gasteiger partial charge in [0.15, 0.2) is 33.0 Å². The number of methoxy groups -OCH3 is 1. The molecule has 0 radical (unpaired) electrons. The summed E-state index contributed by atoms with van der Waals surface area (Å²) in [6, 6.07) is 4.11. The predicted octanol–water partition coefficient (Wildman–Crippen LogP) is 4.77. The molecule has 7 rings (SSSR count). The maximum absolute atomic E-state index is 15.2. The lowest BCUT2D eigenvalue weighted by molar-refractivity contribution is -0.138. The molecule has 3 heterocycles. The van der Waals surface area contributed by atoms with E-state index >= 15 is 8.78 Å². The Hall–Kier alpha value is -4.50. The number of hydrogen-bond donors (Lipinski definition) is 1. The maximum atomic E-state index is 15.2. The minimum Gasteiger partial charge on any atom is -0.508 e. The normalized spacial score (nSPS) is 30.7. The Balaban J connectivity index is 1.44. The second kappa shape index (κ2) is 10.5. The van der Waals surface area contributed by atoms with Crippen LogP contribution in [-0.4, -0.2) is 56.6 Å². The fraction of sp³-hybridized carbons (Fsp3) is 0.323. The van der Waals surface area contributed by atoms with Crippen LogP contribution in [0, 0.1) is 52.8 Å². The monoisotopic (exact) mass is 712 g/mol. The summed E-state index contributed by atoms with van der Waals surface area (Å²) in [5.74, 6) is -22.8. The minimum atomic E-state index is -2.74. The van der Waals surface area contributed by atoms with Crippen molar-refractivity contribution in [3.05, 3.63) is 76.3 Å². The molecule has 1 saturated carbocycles. The topological polar surface area (TPSA) is 131 Å². The number of nitrogens with zero attached hydrogens (tertiary/aromatic N) is 2. The van der Waals surface area contributed by atoms with Crippen molar-refractivity contribution in [2.24, 2.45) is 23.7 Å². The molecule has 0 spiro atoms.